The highest BCUT2D eigenvalue weighted by molar-refractivity contribution is 5.92. The summed E-state index contributed by atoms with van der Waals surface area (Å²) in [5.74, 6) is -0.264. The number of amides is 1. The first kappa shape index (κ1) is 15.8. The topological polar surface area (TPSA) is 84.5 Å². The quantitative estimate of drug-likeness (QED) is 0.837. The zero-order valence-electron chi connectivity index (χ0n) is 13.4. The van der Waals surface area contributed by atoms with Gasteiger partial charge in [0.1, 0.15) is 5.56 Å². The summed E-state index contributed by atoms with van der Waals surface area (Å²) in [6, 6.07) is 0.344. The number of nitrogens with zero attached hydrogens (tertiary/aromatic N) is 2. The molecule has 1 saturated carbocycles. The second kappa shape index (κ2) is 7.02. The lowest BCUT2D eigenvalue weighted by Gasteiger charge is -2.31. The molecule has 2 heterocycles. The number of nitrogens with one attached hydrogen (secondary N) is 1. The molecule has 0 spiro atoms. The minimum absolute atomic E-state index is 0.0151. The average Bonchev–Trinajstić information content (AvgIpc) is 3.17. The van der Waals surface area contributed by atoms with Crippen molar-refractivity contribution < 1.29 is 19.1 Å². The van der Waals surface area contributed by atoms with Crippen LogP contribution in [-0.4, -0.2) is 52.3 Å². The molecule has 1 aliphatic heterocycles. The molecular weight excluding hydrogens is 298 g/mol. The number of likely N-dealkylation sites (tertiary alicyclic amines) is 1. The molecule has 2 aliphatic rings. The second-order valence-corrected chi connectivity index (χ2v) is 6.05. The highest BCUT2D eigenvalue weighted by atomic mass is 16.5. The fraction of sp³-hybridized carbons (Fsp3) is 0.688. The Morgan fingerprint density at radius 3 is 2.87 bits per heavy atom. The summed E-state index contributed by atoms with van der Waals surface area (Å²) >= 11 is 0. The standard InChI is InChI=1S/C16H23N3O4/c1-2-22-16(21)12-10-17-18-14(12)23-13-8-9-19(15(13)20)11-6-4-3-5-7-11/h10-11,13H,2-9H2,1H3,(H,17,18). The molecule has 1 saturated heterocycles. The summed E-state index contributed by atoms with van der Waals surface area (Å²) in [6.07, 6.45) is 7.25. The zero-order chi connectivity index (χ0) is 16.2. The van der Waals surface area contributed by atoms with E-state index in [1.807, 2.05) is 4.90 Å². The SMILES string of the molecule is CCOC(=O)c1cn[nH]c1OC1CCN(C2CCCCC2)C1=O. The number of esters is 1. The lowest BCUT2D eigenvalue weighted by Crippen LogP contribution is -2.41. The summed E-state index contributed by atoms with van der Waals surface area (Å²) < 4.78 is 10.7. The number of aromatic nitrogens is 2. The van der Waals surface area contributed by atoms with Gasteiger partial charge in [0.15, 0.2) is 6.10 Å². The normalized spacial score (nSPS) is 22.4. The maximum atomic E-state index is 12.6. The number of hydrogen-bond donors (Lipinski definition) is 1. The van der Waals surface area contributed by atoms with Gasteiger partial charge in [-0.15, -0.1) is 0 Å². The largest absolute Gasteiger partial charge is 0.464 e. The molecule has 7 heteroatoms. The van der Waals surface area contributed by atoms with E-state index >= 15 is 0 Å². The third-order valence-corrected chi connectivity index (χ3v) is 4.57. The Hall–Kier alpha value is -2.05. The van der Waals surface area contributed by atoms with Gasteiger partial charge in [-0.25, -0.2) is 9.89 Å². The molecule has 1 atom stereocenters. The maximum absolute atomic E-state index is 12.6. The molecule has 1 aromatic heterocycles. The van der Waals surface area contributed by atoms with Gasteiger partial charge in [0.2, 0.25) is 5.88 Å². The Kier molecular flexibility index (Phi) is 4.83. The molecule has 1 aliphatic carbocycles. The van der Waals surface area contributed by atoms with E-state index in [1.165, 1.54) is 25.5 Å². The molecule has 0 aromatic carbocycles. The fourth-order valence-electron chi connectivity index (χ4n) is 3.40. The van der Waals surface area contributed by atoms with E-state index in [9.17, 15) is 9.59 Å². The molecule has 2 fully saturated rings. The van der Waals surface area contributed by atoms with E-state index < -0.39 is 12.1 Å². The number of H-pyrrole nitrogens is 1. The van der Waals surface area contributed by atoms with E-state index in [1.54, 1.807) is 6.92 Å². The highest BCUT2D eigenvalue weighted by Crippen LogP contribution is 2.28. The number of rotatable bonds is 5. The summed E-state index contributed by atoms with van der Waals surface area (Å²) in [7, 11) is 0. The first-order valence-corrected chi connectivity index (χ1v) is 8.38. The monoisotopic (exact) mass is 321 g/mol. The van der Waals surface area contributed by atoms with Crippen LogP contribution in [0.3, 0.4) is 0 Å². The summed E-state index contributed by atoms with van der Waals surface area (Å²) in [6.45, 7) is 2.74. The predicted octanol–water partition coefficient (Wildman–Crippen LogP) is 1.90. The van der Waals surface area contributed by atoms with Crippen molar-refractivity contribution in [2.24, 2.45) is 0 Å². The molecule has 1 amide bonds. The van der Waals surface area contributed by atoms with Crippen LogP contribution in [0.25, 0.3) is 0 Å². The number of aromatic amines is 1. The number of carbonyl (C=O) groups excluding carboxylic acids is 2. The smallest absolute Gasteiger partial charge is 0.345 e. The first-order valence-electron chi connectivity index (χ1n) is 8.38. The van der Waals surface area contributed by atoms with E-state index in [2.05, 4.69) is 10.2 Å². The van der Waals surface area contributed by atoms with Crippen LogP contribution in [0.15, 0.2) is 6.20 Å². The van der Waals surface area contributed by atoms with Crippen LogP contribution in [0.5, 0.6) is 5.88 Å². The lowest BCUT2D eigenvalue weighted by molar-refractivity contribution is -0.136. The van der Waals surface area contributed by atoms with Gasteiger partial charge in [-0.05, 0) is 19.8 Å². The minimum Gasteiger partial charge on any atom is -0.464 e. The van der Waals surface area contributed by atoms with Crippen LogP contribution in [0.1, 0.15) is 55.8 Å². The molecule has 7 nitrogen and oxygen atoms in total. The van der Waals surface area contributed by atoms with Gasteiger partial charge < -0.3 is 14.4 Å². The Bertz CT molecular complexity index is 565. The second-order valence-electron chi connectivity index (χ2n) is 6.05. The van der Waals surface area contributed by atoms with Crippen LogP contribution < -0.4 is 4.74 Å². The third kappa shape index (κ3) is 3.33. The Morgan fingerprint density at radius 1 is 1.35 bits per heavy atom. The van der Waals surface area contributed by atoms with Gasteiger partial charge in [-0.1, -0.05) is 19.3 Å². The number of hydrogen-bond acceptors (Lipinski definition) is 5. The van der Waals surface area contributed by atoms with Crippen molar-refractivity contribution in [2.45, 2.75) is 57.6 Å². The highest BCUT2D eigenvalue weighted by Gasteiger charge is 2.38. The molecular formula is C16H23N3O4. The zero-order valence-corrected chi connectivity index (χ0v) is 13.4. The van der Waals surface area contributed by atoms with Gasteiger partial charge in [0, 0.05) is 19.0 Å². The van der Waals surface area contributed by atoms with Crippen molar-refractivity contribution in [3.63, 3.8) is 0 Å². The van der Waals surface area contributed by atoms with Crippen molar-refractivity contribution in [2.75, 3.05) is 13.2 Å². The molecule has 1 aromatic rings. The van der Waals surface area contributed by atoms with Crippen molar-refractivity contribution in [1.29, 1.82) is 0 Å². The van der Waals surface area contributed by atoms with Gasteiger partial charge in [0.25, 0.3) is 5.91 Å². The Labute approximate surface area is 135 Å². The van der Waals surface area contributed by atoms with Gasteiger partial charge >= 0.3 is 5.97 Å². The van der Waals surface area contributed by atoms with Crippen molar-refractivity contribution in [3.8, 4) is 5.88 Å². The van der Waals surface area contributed by atoms with Crippen molar-refractivity contribution >= 4 is 11.9 Å². The average molecular weight is 321 g/mol. The van der Waals surface area contributed by atoms with Crippen LogP contribution in [-0.2, 0) is 9.53 Å². The minimum atomic E-state index is -0.550. The Morgan fingerprint density at radius 2 is 2.13 bits per heavy atom. The van der Waals surface area contributed by atoms with Crippen LogP contribution >= 0.6 is 0 Å². The molecule has 3 rings (SSSR count). The van der Waals surface area contributed by atoms with Crippen molar-refractivity contribution in [1.82, 2.24) is 15.1 Å². The molecule has 1 unspecified atom stereocenters. The predicted molar refractivity (Wildman–Crippen MR) is 82.2 cm³/mol. The fourth-order valence-corrected chi connectivity index (χ4v) is 3.40. The number of ether oxygens (including phenoxy) is 2. The van der Waals surface area contributed by atoms with Crippen LogP contribution in [0.2, 0.25) is 0 Å². The van der Waals surface area contributed by atoms with E-state index in [4.69, 9.17) is 9.47 Å². The van der Waals surface area contributed by atoms with Crippen molar-refractivity contribution in [3.05, 3.63) is 11.8 Å². The van der Waals surface area contributed by atoms with E-state index in [0.29, 0.717) is 12.5 Å². The molecule has 0 bridgehead atoms. The third-order valence-electron chi connectivity index (χ3n) is 4.57. The molecule has 126 valence electrons. The maximum Gasteiger partial charge on any atom is 0.345 e. The number of carbonyl (C=O) groups is 2. The van der Waals surface area contributed by atoms with Gasteiger partial charge in [0.05, 0.1) is 12.8 Å². The first-order chi connectivity index (χ1) is 11.2. The summed E-state index contributed by atoms with van der Waals surface area (Å²) in [5.41, 5.74) is 0.232. The molecule has 0 radical (unpaired) electrons. The molecule has 1 N–H and O–H groups in total. The van der Waals surface area contributed by atoms with Crippen LogP contribution in [0, 0.1) is 0 Å². The van der Waals surface area contributed by atoms with E-state index in [0.717, 1.165) is 19.4 Å². The lowest BCUT2D eigenvalue weighted by atomic mass is 9.94. The van der Waals surface area contributed by atoms with Gasteiger partial charge in [-0.3, -0.25) is 4.79 Å². The van der Waals surface area contributed by atoms with E-state index in [-0.39, 0.29) is 24.0 Å². The molecule has 23 heavy (non-hydrogen) atoms. The Balaban J connectivity index is 1.64. The van der Waals surface area contributed by atoms with Gasteiger partial charge in [-0.2, -0.15) is 5.10 Å². The summed E-state index contributed by atoms with van der Waals surface area (Å²) in [4.78, 5) is 26.4. The summed E-state index contributed by atoms with van der Waals surface area (Å²) in [5, 5.41) is 6.47. The van der Waals surface area contributed by atoms with Crippen LogP contribution in [0.4, 0.5) is 0 Å².